The van der Waals surface area contributed by atoms with Crippen LogP contribution in [-0.4, -0.2) is 30.9 Å². The van der Waals surface area contributed by atoms with Gasteiger partial charge in [-0.25, -0.2) is 0 Å². The molecule has 0 radical (unpaired) electrons. The van der Waals surface area contributed by atoms with Gasteiger partial charge in [0.1, 0.15) is 12.4 Å². The molecule has 0 heterocycles. The summed E-state index contributed by atoms with van der Waals surface area (Å²) in [5.41, 5.74) is 2.84. The molecule has 21 heavy (non-hydrogen) atoms. The van der Waals surface area contributed by atoms with Crippen LogP contribution in [0.15, 0.2) is 18.2 Å². The maximum atomic E-state index is 12.2. The quantitative estimate of drug-likeness (QED) is 0.574. The van der Waals surface area contributed by atoms with Crippen molar-refractivity contribution in [1.29, 1.82) is 0 Å². The molecule has 1 rings (SSSR count). The van der Waals surface area contributed by atoms with Crippen LogP contribution >= 0.6 is 11.6 Å². The first kappa shape index (κ1) is 17.5. The molecule has 0 saturated heterocycles. The minimum absolute atomic E-state index is 0.108. The third-order valence-corrected chi connectivity index (χ3v) is 3.47. The number of hydrogen-bond donors (Lipinski definition) is 0. The van der Waals surface area contributed by atoms with Gasteiger partial charge in [0.05, 0.1) is 12.3 Å². The molecule has 0 spiro atoms. The van der Waals surface area contributed by atoms with Crippen molar-refractivity contribution in [2.45, 2.75) is 33.6 Å². The molecule has 0 atom stereocenters. The molecule has 116 valence electrons. The highest BCUT2D eigenvalue weighted by Gasteiger charge is 2.23. The molecule has 0 aliphatic rings. The summed E-state index contributed by atoms with van der Waals surface area (Å²) in [4.78, 5) is 25.4. The number of hydrogen-bond acceptors (Lipinski definition) is 3. The molecule has 0 bridgehead atoms. The summed E-state index contributed by atoms with van der Waals surface area (Å²) in [5.74, 6) is -0.884. The van der Waals surface area contributed by atoms with Crippen LogP contribution in [0.25, 0.3) is 0 Å². The van der Waals surface area contributed by atoms with E-state index in [0.717, 1.165) is 29.7 Å². The molecule has 1 amide bonds. The number of rotatable bonds is 7. The van der Waals surface area contributed by atoms with Crippen LogP contribution in [0, 0.1) is 0 Å². The Kier molecular flexibility index (Phi) is 7.23. The SMILES string of the molecule is CCOC(=O)CN(C(=O)CCl)c1c(CC)cccc1CC. The molecular weight excluding hydrogens is 290 g/mol. The van der Waals surface area contributed by atoms with Crippen molar-refractivity contribution >= 4 is 29.2 Å². The van der Waals surface area contributed by atoms with Crippen molar-refractivity contribution in [2.75, 3.05) is 23.9 Å². The summed E-state index contributed by atoms with van der Waals surface area (Å²) in [6.07, 6.45) is 1.55. The van der Waals surface area contributed by atoms with Gasteiger partial charge in [-0.15, -0.1) is 11.6 Å². The highest BCUT2D eigenvalue weighted by Crippen LogP contribution is 2.27. The second-order valence-electron chi connectivity index (χ2n) is 4.55. The first-order valence-corrected chi connectivity index (χ1v) is 7.75. The number of ether oxygens (including phenoxy) is 1. The van der Waals surface area contributed by atoms with E-state index in [0.29, 0.717) is 0 Å². The molecule has 5 heteroatoms. The zero-order valence-electron chi connectivity index (χ0n) is 12.8. The second-order valence-corrected chi connectivity index (χ2v) is 4.82. The van der Waals surface area contributed by atoms with E-state index in [1.807, 2.05) is 32.0 Å². The molecule has 1 aromatic carbocycles. The number of para-hydroxylation sites is 1. The zero-order chi connectivity index (χ0) is 15.8. The number of carbonyl (C=O) groups is 2. The smallest absolute Gasteiger partial charge is 0.326 e. The van der Waals surface area contributed by atoms with Gasteiger partial charge in [-0.2, -0.15) is 0 Å². The fraction of sp³-hybridized carbons (Fsp3) is 0.500. The summed E-state index contributed by atoms with van der Waals surface area (Å²) in [7, 11) is 0. The maximum absolute atomic E-state index is 12.2. The Morgan fingerprint density at radius 1 is 1.14 bits per heavy atom. The monoisotopic (exact) mass is 311 g/mol. The van der Waals surface area contributed by atoms with Gasteiger partial charge in [-0.1, -0.05) is 32.0 Å². The minimum Gasteiger partial charge on any atom is -0.465 e. The molecule has 4 nitrogen and oxygen atoms in total. The topological polar surface area (TPSA) is 46.6 Å². The van der Waals surface area contributed by atoms with Gasteiger partial charge in [-0.05, 0) is 30.9 Å². The third kappa shape index (κ3) is 4.46. The lowest BCUT2D eigenvalue weighted by Crippen LogP contribution is -2.38. The van der Waals surface area contributed by atoms with E-state index in [1.54, 1.807) is 6.92 Å². The largest absolute Gasteiger partial charge is 0.465 e. The number of halogens is 1. The van der Waals surface area contributed by atoms with E-state index < -0.39 is 5.97 Å². The Morgan fingerprint density at radius 2 is 1.71 bits per heavy atom. The molecular formula is C16H22ClNO3. The Hall–Kier alpha value is -1.55. The maximum Gasteiger partial charge on any atom is 0.326 e. The average Bonchev–Trinajstić information content (AvgIpc) is 2.51. The van der Waals surface area contributed by atoms with Crippen LogP contribution in [0.2, 0.25) is 0 Å². The summed E-state index contributed by atoms with van der Waals surface area (Å²) >= 11 is 5.70. The normalized spacial score (nSPS) is 10.3. The second kappa shape index (κ2) is 8.67. The number of anilines is 1. The van der Waals surface area contributed by atoms with Crippen LogP contribution in [-0.2, 0) is 27.2 Å². The Balaban J connectivity index is 3.25. The van der Waals surface area contributed by atoms with E-state index in [9.17, 15) is 9.59 Å². The molecule has 0 aliphatic heterocycles. The van der Waals surface area contributed by atoms with Crippen molar-refractivity contribution in [3.8, 4) is 0 Å². The molecule has 0 saturated carbocycles. The highest BCUT2D eigenvalue weighted by atomic mass is 35.5. The number of carbonyl (C=O) groups excluding carboxylic acids is 2. The van der Waals surface area contributed by atoms with E-state index in [-0.39, 0.29) is 24.9 Å². The van der Waals surface area contributed by atoms with Gasteiger partial charge >= 0.3 is 5.97 Å². The van der Waals surface area contributed by atoms with Crippen LogP contribution in [0.4, 0.5) is 5.69 Å². The molecule has 1 aromatic rings. The van der Waals surface area contributed by atoms with Crippen molar-refractivity contribution in [2.24, 2.45) is 0 Å². The fourth-order valence-corrected chi connectivity index (χ4v) is 2.41. The molecule has 0 unspecified atom stereocenters. The van der Waals surface area contributed by atoms with E-state index in [1.165, 1.54) is 4.90 Å². The molecule has 0 fully saturated rings. The molecule has 0 aromatic heterocycles. The Morgan fingerprint density at radius 3 is 2.14 bits per heavy atom. The van der Waals surface area contributed by atoms with Gasteiger partial charge < -0.3 is 4.74 Å². The number of benzene rings is 1. The van der Waals surface area contributed by atoms with E-state index in [4.69, 9.17) is 16.3 Å². The number of aryl methyl sites for hydroxylation is 2. The first-order valence-electron chi connectivity index (χ1n) is 7.21. The van der Waals surface area contributed by atoms with Gasteiger partial charge in [0.15, 0.2) is 0 Å². The Bertz CT molecular complexity index is 480. The van der Waals surface area contributed by atoms with Gasteiger partial charge in [0, 0.05) is 0 Å². The summed E-state index contributed by atoms with van der Waals surface area (Å²) in [5, 5.41) is 0. The standard InChI is InChI=1S/C16H22ClNO3/c1-4-12-8-7-9-13(5-2)16(12)18(14(19)10-17)11-15(20)21-6-3/h7-9H,4-6,10-11H2,1-3H3. The van der Waals surface area contributed by atoms with E-state index in [2.05, 4.69) is 0 Å². The predicted octanol–water partition coefficient (Wildman–Crippen LogP) is 2.95. The van der Waals surface area contributed by atoms with Crippen molar-refractivity contribution in [1.82, 2.24) is 0 Å². The molecule has 0 aliphatic carbocycles. The number of esters is 1. The van der Waals surface area contributed by atoms with Crippen LogP contribution < -0.4 is 4.90 Å². The number of amides is 1. The summed E-state index contributed by atoms with van der Waals surface area (Å²) in [6.45, 7) is 5.96. The van der Waals surface area contributed by atoms with Crippen molar-refractivity contribution < 1.29 is 14.3 Å². The average molecular weight is 312 g/mol. The zero-order valence-corrected chi connectivity index (χ0v) is 13.6. The lowest BCUT2D eigenvalue weighted by molar-refractivity contribution is -0.142. The summed E-state index contributed by atoms with van der Waals surface area (Å²) in [6, 6.07) is 5.90. The lowest BCUT2D eigenvalue weighted by Gasteiger charge is -2.26. The van der Waals surface area contributed by atoms with Crippen LogP contribution in [0.5, 0.6) is 0 Å². The van der Waals surface area contributed by atoms with Crippen molar-refractivity contribution in [3.05, 3.63) is 29.3 Å². The predicted molar refractivity (Wildman–Crippen MR) is 84.9 cm³/mol. The number of nitrogens with zero attached hydrogens (tertiary/aromatic N) is 1. The number of alkyl halides is 1. The fourth-order valence-electron chi connectivity index (χ4n) is 2.26. The van der Waals surface area contributed by atoms with E-state index >= 15 is 0 Å². The highest BCUT2D eigenvalue weighted by molar-refractivity contribution is 6.29. The van der Waals surface area contributed by atoms with Gasteiger partial charge in [-0.3, -0.25) is 14.5 Å². The van der Waals surface area contributed by atoms with Crippen LogP contribution in [0.3, 0.4) is 0 Å². The van der Waals surface area contributed by atoms with Crippen molar-refractivity contribution in [3.63, 3.8) is 0 Å². The molecule has 0 N–H and O–H groups in total. The third-order valence-electron chi connectivity index (χ3n) is 3.24. The van der Waals surface area contributed by atoms with Gasteiger partial charge in [0.2, 0.25) is 5.91 Å². The van der Waals surface area contributed by atoms with Crippen LogP contribution in [0.1, 0.15) is 31.9 Å². The summed E-state index contributed by atoms with van der Waals surface area (Å²) < 4.78 is 4.96. The minimum atomic E-state index is -0.427. The Labute approximate surface area is 131 Å². The van der Waals surface area contributed by atoms with Gasteiger partial charge in [0.25, 0.3) is 0 Å². The first-order chi connectivity index (χ1) is 10.1. The lowest BCUT2D eigenvalue weighted by atomic mass is 10.0.